The van der Waals surface area contributed by atoms with Gasteiger partial charge < -0.3 is 5.73 Å². The Bertz CT molecular complexity index is 415. The molecule has 0 aliphatic rings. The molecule has 0 aliphatic carbocycles. The quantitative estimate of drug-likeness (QED) is 0.602. The molecular formula is C9H7ClF3NO. The molecule has 0 spiro atoms. The lowest BCUT2D eigenvalue weighted by molar-refractivity contribution is -0.136. The summed E-state index contributed by atoms with van der Waals surface area (Å²) >= 11 is 5.38. The standard InChI is InChI=1S/C9H7ClF3NO/c1-4(15)5-2-3-6(10)7(8(5)14)9(11,12)13/h2-3H,14H2,1H3. The lowest BCUT2D eigenvalue weighted by atomic mass is 10.0. The summed E-state index contributed by atoms with van der Waals surface area (Å²) in [5.41, 5.74) is 3.29. The van der Waals surface area contributed by atoms with Gasteiger partial charge in [-0.05, 0) is 19.1 Å². The number of alkyl halides is 3. The molecule has 0 radical (unpaired) electrons. The number of nitrogen functional groups attached to an aromatic ring is 1. The molecule has 0 saturated carbocycles. The van der Waals surface area contributed by atoms with Gasteiger partial charge in [-0.3, -0.25) is 4.79 Å². The van der Waals surface area contributed by atoms with Crippen molar-refractivity contribution < 1.29 is 18.0 Å². The molecular weight excluding hydrogens is 231 g/mol. The third-order valence-electron chi connectivity index (χ3n) is 1.86. The van der Waals surface area contributed by atoms with E-state index in [1.54, 1.807) is 0 Å². The first-order chi connectivity index (χ1) is 6.75. The Morgan fingerprint density at radius 3 is 2.33 bits per heavy atom. The second kappa shape index (κ2) is 3.73. The fourth-order valence-corrected chi connectivity index (χ4v) is 1.46. The number of anilines is 1. The first-order valence-corrected chi connectivity index (χ1v) is 4.29. The SMILES string of the molecule is CC(=O)c1ccc(Cl)c(C(F)(F)F)c1N. The van der Waals surface area contributed by atoms with E-state index in [9.17, 15) is 18.0 Å². The Morgan fingerprint density at radius 1 is 1.40 bits per heavy atom. The van der Waals surface area contributed by atoms with Crippen LogP contribution in [-0.2, 0) is 6.18 Å². The summed E-state index contributed by atoms with van der Waals surface area (Å²) < 4.78 is 37.4. The third-order valence-corrected chi connectivity index (χ3v) is 2.17. The van der Waals surface area contributed by atoms with Gasteiger partial charge >= 0.3 is 6.18 Å². The zero-order valence-corrected chi connectivity index (χ0v) is 8.41. The minimum Gasteiger partial charge on any atom is -0.398 e. The number of carbonyl (C=O) groups excluding carboxylic acids is 1. The maximum atomic E-state index is 12.5. The zero-order valence-electron chi connectivity index (χ0n) is 7.65. The van der Waals surface area contributed by atoms with Crippen molar-refractivity contribution in [1.29, 1.82) is 0 Å². The number of ketones is 1. The van der Waals surface area contributed by atoms with Gasteiger partial charge in [-0.15, -0.1) is 0 Å². The van der Waals surface area contributed by atoms with Gasteiger partial charge in [0.05, 0.1) is 16.3 Å². The first-order valence-electron chi connectivity index (χ1n) is 3.91. The largest absolute Gasteiger partial charge is 0.419 e. The summed E-state index contributed by atoms with van der Waals surface area (Å²) in [6, 6.07) is 2.19. The monoisotopic (exact) mass is 237 g/mol. The minimum absolute atomic E-state index is 0.174. The normalized spacial score (nSPS) is 11.5. The summed E-state index contributed by atoms with van der Waals surface area (Å²) in [5.74, 6) is -0.533. The second-order valence-electron chi connectivity index (χ2n) is 2.94. The van der Waals surface area contributed by atoms with Crippen LogP contribution in [0.1, 0.15) is 22.8 Å². The predicted molar refractivity (Wildman–Crippen MR) is 50.9 cm³/mol. The number of carbonyl (C=O) groups is 1. The maximum absolute atomic E-state index is 12.5. The van der Waals surface area contributed by atoms with Crippen LogP contribution in [-0.4, -0.2) is 5.78 Å². The number of benzene rings is 1. The van der Waals surface area contributed by atoms with Gasteiger partial charge in [0.25, 0.3) is 0 Å². The highest BCUT2D eigenvalue weighted by molar-refractivity contribution is 6.32. The Balaban J connectivity index is 3.51. The molecule has 0 bridgehead atoms. The summed E-state index contributed by atoms with van der Waals surface area (Å²) in [4.78, 5) is 11.0. The van der Waals surface area contributed by atoms with E-state index in [1.807, 2.05) is 0 Å². The van der Waals surface area contributed by atoms with E-state index in [0.29, 0.717) is 0 Å². The van der Waals surface area contributed by atoms with Crippen LogP contribution in [0.2, 0.25) is 5.02 Å². The number of rotatable bonds is 1. The van der Waals surface area contributed by atoms with Crippen LogP contribution in [0, 0.1) is 0 Å². The van der Waals surface area contributed by atoms with Gasteiger partial charge in [-0.25, -0.2) is 0 Å². The van der Waals surface area contributed by atoms with Crippen LogP contribution in [0.3, 0.4) is 0 Å². The summed E-state index contributed by atoms with van der Waals surface area (Å²) in [6.45, 7) is 1.14. The van der Waals surface area contributed by atoms with Gasteiger partial charge in [0.15, 0.2) is 5.78 Å². The molecule has 82 valence electrons. The molecule has 1 aromatic rings. The van der Waals surface area contributed by atoms with Crippen LogP contribution in [0.5, 0.6) is 0 Å². The molecule has 0 fully saturated rings. The van der Waals surface area contributed by atoms with Crippen LogP contribution in [0.25, 0.3) is 0 Å². The predicted octanol–water partition coefficient (Wildman–Crippen LogP) is 3.14. The summed E-state index contributed by atoms with van der Waals surface area (Å²) in [5, 5.41) is -0.509. The van der Waals surface area contributed by atoms with Crippen molar-refractivity contribution in [1.82, 2.24) is 0 Å². The molecule has 0 atom stereocenters. The van der Waals surface area contributed by atoms with E-state index < -0.39 is 28.2 Å². The molecule has 0 unspecified atom stereocenters. The van der Waals surface area contributed by atoms with Crippen molar-refractivity contribution in [2.24, 2.45) is 0 Å². The molecule has 2 nitrogen and oxygen atoms in total. The molecule has 0 aliphatic heterocycles. The van der Waals surface area contributed by atoms with E-state index in [1.165, 1.54) is 6.07 Å². The average molecular weight is 238 g/mol. The van der Waals surface area contributed by atoms with Crippen molar-refractivity contribution in [2.45, 2.75) is 13.1 Å². The van der Waals surface area contributed by atoms with Crippen molar-refractivity contribution in [3.63, 3.8) is 0 Å². The third kappa shape index (κ3) is 2.23. The number of hydrogen-bond donors (Lipinski definition) is 1. The van der Waals surface area contributed by atoms with E-state index in [-0.39, 0.29) is 5.56 Å². The highest BCUT2D eigenvalue weighted by Gasteiger charge is 2.36. The van der Waals surface area contributed by atoms with Crippen LogP contribution in [0.15, 0.2) is 12.1 Å². The Kier molecular flexibility index (Phi) is 2.95. The molecule has 0 amide bonds. The minimum atomic E-state index is -4.66. The lowest BCUT2D eigenvalue weighted by Gasteiger charge is -2.13. The van der Waals surface area contributed by atoms with Gasteiger partial charge in [0, 0.05) is 5.56 Å². The Morgan fingerprint density at radius 2 is 1.93 bits per heavy atom. The molecule has 0 saturated heterocycles. The summed E-state index contributed by atoms with van der Waals surface area (Å²) in [6.07, 6.45) is -4.66. The van der Waals surface area contributed by atoms with Crippen LogP contribution < -0.4 is 5.73 Å². The molecule has 15 heavy (non-hydrogen) atoms. The highest BCUT2D eigenvalue weighted by atomic mass is 35.5. The topological polar surface area (TPSA) is 43.1 Å². The van der Waals surface area contributed by atoms with Crippen LogP contribution >= 0.6 is 11.6 Å². The lowest BCUT2D eigenvalue weighted by Crippen LogP contribution is -2.13. The van der Waals surface area contributed by atoms with E-state index in [0.717, 1.165) is 13.0 Å². The Labute approximate surface area is 88.8 Å². The fourth-order valence-electron chi connectivity index (χ4n) is 1.19. The summed E-state index contributed by atoms with van der Waals surface area (Å²) in [7, 11) is 0. The van der Waals surface area contributed by atoms with E-state index >= 15 is 0 Å². The first kappa shape index (κ1) is 11.8. The molecule has 0 aromatic heterocycles. The van der Waals surface area contributed by atoms with Crippen molar-refractivity contribution >= 4 is 23.1 Å². The fraction of sp³-hybridized carbons (Fsp3) is 0.222. The van der Waals surface area contributed by atoms with Gasteiger partial charge in [0.1, 0.15) is 0 Å². The number of nitrogens with two attached hydrogens (primary N) is 1. The van der Waals surface area contributed by atoms with E-state index in [4.69, 9.17) is 17.3 Å². The second-order valence-corrected chi connectivity index (χ2v) is 3.34. The zero-order chi connectivity index (χ0) is 11.8. The van der Waals surface area contributed by atoms with Gasteiger partial charge in [-0.2, -0.15) is 13.2 Å². The number of hydrogen-bond acceptors (Lipinski definition) is 2. The molecule has 2 N–H and O–H groups in total. The number of Topliss-reactive ketones (excluding diaryl/α,β-unsaturated/α-hetero) is 1. The molecule has 1 rings (SSSR count). The maximum Gasteiger partial charge on any atom is 0.419 e. The van der Waals surface area contributed by atoms with Gasteiger partial charge in [0.2, 0.25) is 0 Å². The van der Waals surface area contributed by atoms with Crippen molar-refractivity contribution in [3.8, 4) is 0 Å². The van der Waals surface area contributed by atoms with Crippen molar-refractivity contribution in [2.75, 3.05) is 5.73 Å². The van der Waals surface area contributed by atoms with Crippen molar-refractivity contribution in [3.05, 3.63) is 28.3 Å². The molecule has 1 aromatic carbocycles. The Hall–Kier alpha value is -1.23. The van der Waals surface area contributed by atoms with Crippen LogP contribution in [0.4, 0.5) is 18.9 Å². The highest BCUT2D eigenvalue weighted by Crippen LogP contribution is 2.40. The molecule has 6 heteroatoms. The number of halogens is 4. The molecule has 0 heterocycles. The van der Waals surface area contributed by atoms with E-state index in [2.05, 4.69) is 0 Å². The smallest absolute Gasteiger partial charge is 0.398 e. The average Bonchev–Trinajstić information content (AvgIpc) is 2.00. The van der Waals surface area contributed by atoms with Gasteiger partial charge in [-0.1, -0.05) is 11.6 Å².